The van der Waals surface area contributed by atoms with E-state index in [0.29, 0.717) is 23.0 Å². The number of carbonyl (C=O) groups excluding carboxylic acids is 1. The van der Waals surface area contributed by atoms with Crippen LogP contribution in [0, 0.1) is 0 Å². The topological polar surface area (TPSA) is 117 Å². The summed E-state index contributed by atoms with van der Waals surface area (Å²) in [5, 5.41) is 5.30. The van der Waals surface area contributed by atoms with Crippen molar-refractivity contribution in [2.45, 2.75) is 6.54 Å². The van der Waals surface area contributed by atoms with Crippen LogP contribution in [0.5, 0.6) is 23.5 Å². The maximum atomic E-state index is 12.1. The predicted octanol–water partition coefficient (Wildman–Crippen LogP) is 1.23. The van der Waals surface area contributed by atoms with Gasteiger partial charge >= 0.3 is 18.1 Å². The molecule has 1 aromatic carbocycles. The van der Waals surface area contributed by atoms with Gasteiger partial charge < -0.3 is 29.6 Å². The fraction of sp³-hybridized carbons (Fsp3) is 0.333. The second-order valence-electron chi connectivity index (χ2n) is 4.63. The first-order chi connectivity index (χ1) is 12.1. The van der Waals surface area contributed by atoms with Crippen LogP contribution in [0.15, 0.2) is 18.2 Å². The normalized spacial score (nSPS) is 9.92. The molecule has 2 N–H and O–H groups in total. The molecule has 0 bridgehead atoms. The molecule has 0 spiro atoms. The number of hydrogen-bond donors (Lipinski definition) is 2. The highest BCUT2D eigenvalue weighted by Crippen LogP contribution is 2.25. The Morgan fingerprint density at radius 2 is 1.44 bits per heavy atom. The van der Waals surface area contributed by atoms with Crippen LogP contribution >= 0.6 is 0 Å². The van der Waals surface area contributed by atoms with Crippen molar-refractivity contribution < 1.29 is 23.7 Å². The number of rotatable bonds is 7. The van der Waals surface area contributed by atoms with Crippen LogP contribution in [0.25, 0.3) is 0 Å². The zero-order valence-electron chi connectivity index (χ0n) is 14.3. The highest BCUT2D eigenvalue weighted by atomic mass is 16.5. The maximum Gasteiger partial charge on any atom is 0.322 e. The predicted molar refractivity (Wildman–Crippen MR) is 88.3 cm³/mol. The Kier molecular flexibility index (Phi) is 6.15. The first-order valence-corrected chi connectivity index (χ1v) is 7.18. The summed E-state index contributed by atoms with van der Waals surface area (Å²) in [7, 11) is 5.91. The van der Waals surface area contributed by atoms with Gasteiger partial charge in [-0.2, -0.15) is 9.97 Å². The Labute approximate surface area is 144 Å². The number of benzene rings is 1. The van der Waals surface area contributed by atoms with Crippen molar-refractivity contribution in [3.8, 4) is 23.5 Å². The average Bonchev–Trinajstić information content (AvgIpc) is 2.65. The van der Waals surface area contributed by atoms with Gasteiger partial charge in [0.15, 0.2) is 5.82 Å². The lowest BCUT2D eigenvalue weighted by atomic mass is 10.3. The summed E-state index contributed by atoms with van der Waals surface area (Å²) < 4.78 is 20.2. The molecule has 1 heterocycles. The third-order valence-electron chi connectivity index (χ3n) is 3.02. The minimum Gasteiger partial charge on any atom is -0.497 e. The molecule has 0 fully saturated rings. The number of amides is 2. The third kappa shape index (κ3) is 5.09. The van der Waals surface area contributed by atoms with Gasteiger partial charge in [0.05, 0.1) is 35.0 Å². The largest absolute Gasteiger partial charge is 0.497 e. The molecule has 0 aliphatic carbocycles. The van der Waals surface area contributed by atoms with Gasteiger partial charge in [0.2, 0.25) is 0 Å². The number of nitrogens with zero attached hydrogens (tertiary/aromatic N) is 3. The molecule has 2 aromatic rings. The number of anilines is 1. The monoisotopic (exact) mass is 349 g/mol. The van der Waals surface area contributed by atoms with Crippen molar-refractivity contribution in [2.24, 2.45) is 0 Å². The highest BCUT2D eigenvalue weighted by Gasteiger charge is 2.10. The molecule has 0 unspecified atom stereocenters. The van der Waals surface area contributed by atoms with E-state index in [4.69, 9.17) is 18.9 Å². The molecule has 0 saturated heterocycles. The number of carbonyl (C=O) groups is 1. The number of aromatic nitrogens is 3. The van der Waals surface area contributed by atoms with Crippen molar-refractivity contribution in [3.05, 3.63) is 24.0 Å². The van der Waals surface area contributed by atoms with Crippen LogP contribution in [0.3, 0.4) is 0 Å². The van der Waals surface area contributed by atoms with Gasteiger partial charge in [0.25, 0.3) is 0 Å². The fourth-order valence-corrected chi connectivity index (χ4v) is 1.85. The van der Waals surface area contributed by atoms with Gasteiger partial charge in [-0.15, -0.1) is 4.98 Å². The van der Waals surface area contributed by atoms with Crippen LogP contribution < -0.4 is 29.6 Å². The van der Waals surface area contributed by atoms with Crippen molar-refractivity contribution in [1.82, 2.24) is 20.3 Å². The van der Waals surface area contributed by atoms with Crippen molar-refractivity contribution in [3.63, 3.8) is 0 Å². The van der Waals surface area contributed by atoms with Crippen LogP contribution in [-0.2, 0) is 6.54 Å². The Balaban J connectivity index is 2.01. The van der Waals surface area contributed by atoms with Gasteiger partial charge in [-0.3, -0.25) is 0 Å². The first kappa shape index (κ1) is 18.0. The van der Waals surface area contributed by atoms with E-state index in [0.717, 1.165) is 0 Å². The van der Waals surface area contributed by atoms with Crippen LogP contribution in [0.4, 0.5) is 10.5 Å². The zero-order chi connectivity index (χ0) is 18.2. The summed E-state index contributed by atoms with van der Waals surface area (Å²) in [6.45, 7) is 0.0577. The molecule has 134 valence electrons. The molecular weight excluding hydrogens is 330 g/mol. The van der Waals surface area contributed by atoms with Crippen LogP contribution in [0.2, 0.25) is 0 Å². The van der Waals surface area contributed by atoms with E-state index in [2.05, 4.69) is 25.6 Å². The van der Waals surface area contributed by atoms with Gasteiger partial charge in [-0.1, -0.05) is 0 Å². The molecule has 10 nitrogen and oxygen atoms in total. The van der Waals surface area contributed by atoms with E-state index in [1.54, 1.807) is 18.2 Å². The average molecular weight is 349 g/mol. The van der Waals surface area contributed by atoms with Crippen molar-refractivity contribution in [2.75, 3.05) is 33.8 Å². The van der Waals surface area contributed by atoms with E-state index < -0.39 is 6.03 Å². The van der Waals surface area contributed by atoms with Gasteiger partial charge in [-0.25, -0.2) is 4.79 Å². The molecule has 25 heavy (non-hydrogen) atoms. The second-order valence-corrected chi connectivity index (χ2v) is 4.63. The Hall–Kier alpha value is -3.30. The summed E-state index contributed by atoms with van der Waals surface area (Å²) in [5.41, 5.74) is 0.513. The minimum atomic E-state index is -0.450. The van der Waals surface area contributed by atoms with E-state index in [1.807, 2.05) is 0 Å². The molecule has 2 rings (SSSR count). The molecule has 0 aliphatic heterocycles. The SMILES string of the molecule is COc1cc(NC(=O)NCc2nc(OC)nc(OC)n2)cc(OC)c1. The van der Waals surface area contributed by atoms with E-state index in [-0.39, 0.29) is 18.6 Å². The lowest BCUT2D eigenvalue weighted by Gasteiger charge is -2.11. The van der Waals surface area contributed by atoms with Gasteiger partial charge in [0, 0.05) is 23.9 Å². The number of ether oxygens (including phenoxy) is 4. The molecule has 0 aliphatic rings. The Morgan fingerprint density at radius 3 is 1.92 bits per heavy atom. The van der Waals surface area contributed by atoms with Crippen LogP contribution in [0.1, 0.15) is 5.82 Å². The first-order valence-electron chi connectivity index (χ1n) is 7.18. The van der Waals surface area contributed by atoms with Crippen molar-refractivity contribution in [1.29, 1.82) is 0 Å². The van der Waals surface area contributed by atoms with E-state index in [9.17, 15) is 4.79 Å². The standard InChI is InChI=1S/C15H19N5O5/c1-22-10-5-9(6-11(7-10)23-2)17-13(21)16-8-12-18-14(24-3)20-15(19-12)25-4/h5-7H,8H2,1-4H3,(H2,16,17,21). The molecule has 0 radical (unpaired) electrons. The quantitative estimate of drug-likeness (QED) is 0.766. The van der Waals surface area contributed by atoms with E-state index >= 15 is 0 Å². The molecule has 0 atom stereocenters. The number of methoxy groups -OCH3 is 4. The summed E-state index contributed by atoms with van der Waals surface area (Å²) in [6, 6.07) is 4.78. The number of hydrogen-bond acceptors (Lipinski definition) is 8. The number of urea groups is 1. The summed E-state index contributed by atoms with van der Waals surface area (Å²) in [6.07, 6.45) is 0. The third-order valence-corrected chi connectivity index (χ3v) is 3.02. The Bertz CT molecular complexity index is 696. The smallest absolute Gasteiger partial charge is 0.322 e. The lowest BCUT2D eigenvalue weighted by Crippen LogP contribution is -2.29. The lowest BCUT2D eigenvalue weighted by molar-refractivity contribution is 0.251. The fourth-order valence-electron chi connectivity index (χ4n) is 1.85. The molecule has 10 heteroatoms. The molecule has 2 amide bonds. The van der Waals surface area contributed by atoms with Crippen LogP contribution in [-0.4, -0.2) is 49.4 Å². The minimum absolute atomic E-state index is 0.0577. The maximum absolute atomic E-state index is 12.1. The molecule has 0 saturated carbocycles. The van der Waals surface area contributed by atoms with Gasteiger partial charge in [-0.05, 0) is 0 Å². The van der Waals surface area contributed by atoms with Crippen molar-refractivity contribution >= 4 is 11.7 Å². The zero-order valence-corrected chi connectivity index (χ0v) is 14.3. The second kappa shape index (κ2) is 8.52. The van der Waals surface area contributed by atoms with Gasteiger partial charge in [0.1, 0.15) is 11.5 Å². The summed E-state index contributed by atoms with van der Waals surface area (Å²) in [5.74, 6) is 1.41. The summed E-state index contributed by atoms with van der Waals surface area (Å²) >= 11 is 0. The highest BCUT2D eigenvalue weighted by molar-refractivity contribution is 5.89. The molecular formula is C15H19N5O5. The number of nitrogens with one attached hydrogen (secondary N) is 2. The Morgan fingerprint density at radius 1 is 0.880 bits per heavy atom. The summed E-state index contributed by atoms with van der Waals surface area (Å²) in [4.78, 5) is 24.0. The molecule has 1 aromatic heterocycles. The van der Waals surface area contributed by atoms with E-state index in [1.165, 1.54) is 28.4 Å².